The minimum Gasteiger partial charge on any atom is -0.356 e. The maximum absolute atomic E-state index is 12.1. The van der Waals surface area contributed by atoms with E-state index < -0.39 is 0 Å². The van der Waals surface area contributed by atoms with E-state index in [4.69, 9.17) is 0 Å². The third kappa shape index (κ3) is 8.44. The molecule has 1 saturated heterocycles. The van der Waals surface area contributed by atoms with Crippen molar-refractivity contribution < 1.29 is 4.79 Å². The molecule has 1 aliphatic heterocycles. The van der Waals surface area contributed by atoms with Gasteiger partial charge in [-0.25, -0.2) is 0 Å². The Bertz CT molecular complexity index is 650. The Labute approximate surface area is 176 Å². The SMILES string of the molecule is CN=C(NCCCCN1CCC(C)CC1)NCCc1cccc(C(=O)N(C)C)c1. The number of unbranched alkanes of at least 4 members (excludes halogenated alkanes) is 1. The van der Waals surface area contributed by atoms with E-state index >= 15 is 0 Å². The second-order valence-electron chi connectivity index (χ2n) is 8.31. The molecule has 1 amide bonds. The molecule has 2 N–H and O–H groups in total. The highest BCUT2D eigenvalue weighted by Gasteiger charge is 2.14. The highest BCUT2D eigenvalue weighted by molar-refractivity contribution is 5.94. The van der Waals surface area contributed by atoms with Crippen LogP contribution < -0.4 is 10.6 Å². The van der Waals surface area contributed by atoms with Gasteiger partial charge in [0.15, 0.2) is 5.96 Å². The van der Waals surface area contributed by atoms with Crippen LogP contribution in [0.15, 0.2) is 29.3 Å². The van der Waals surface area contributed by atoms with E-state index in [1.54, 1.807) is 26.0 Å². The van der Waals surface area contributed by atoms with Crippen molar-refractivity contribution in [3.63, 3.8) is 0 Å². The van der Waals surface area contributed by atoms with Crippen LogP contribution in [0.5, 0.6) is 0 Å². The lowest BCUT2D eigenvalue weighted by Gasteiger charge is -2.30. The Morgan fingerprint density at radius 3 is 2.59 bits per heavy atom. The zero-order chi connectivity index (χ0) is 21.1. The van der Waals surface area contributed by atoms with E-state index in [0.29, 0.717) is 0 Å². The summed E-state index contributed by atoms with van der Waals surface area (Å²) in [4.78, 5) is 20.6. The Morgan fingerprint density at radius 2 is 1.90 bits per heavy atom. The normalized spacial score (nSPS) is 15.9. The van der Waals surface area contributed by atoms with Gasteiger partial charge in [0.2, 0.25) is 0 Å². The van der Waals surface area contributed by atoms with Gasteiger partial charge in [0.05, 0.1) is 0 Å². The summed E-state index contributed by atoms with van der Waals surface area (Å²) < 4.78 is 0. The van der Waals surface area contributed by atoms with E-state index in [1.807, 2.05) is 18.2 Å². The van der Waals surface area contributed by atoms with Crippen LogP contribution in [0, 0.1) is 5.92 Å². The molecule has 6 nitrogen and oxygen atoms in total. The smallest absolute Gasteiger partial charge is 0.253 e. The third-order valence-electron chi connectivity index (χ3n) is 5.58. The molecule has 0 aliphatic carbocycles. The summed E-state index contributed by atoms with van der Waals surface area (Å²) in [6, 6.07) is 7.85. The Morgan fingerprint density at radius 1 is 1.17 bits per heavy atom. The molecule has 162 valence electrons. The lowest BCUT2D eigenvalue weighted by Crippen LogP contribution is -2.39. The zero-order valence-corrected chi connectivity index (χ0v) is 18.7. The van der Waals surface area contributed by atoms with E-state index in [2.05, 4.69) is 33.5 Å². The molecule has 0 atom stereocenters. The molecular formula is C23H39N5O. The second kappa shape index (κ2) is 12.5. The van der Waals surface area contributed by atoms with Crippen molar-refractivity contribution in [2.24, 2.45) is 10.9 Å². The number of aliphatic imine (C=N–C) groups is 1. The number of carbonyl (C=O) groups excluding carboxylic acids is 1. The van der Waals surface area contributed by atoms with Crippen LogP contribution in [0.1, 0.15) is 48.5 Å². The standard InChI is InChI=1S/C23H39N5O/c1-19-11-16-28(17-12-19)15-6-5-13-25-23(24-2)26-14-10-20-8-7-9-21(18-20)22(29)27(3)4/h7-9,18-19H,5-6,10-17H2,1-4H3,(H2,24,25,26). The minimum absolute atomic E-state index is 0.0383. The minimum atomic E-state index is 0.0383. The summed E-state index contributed by atoms with van der Waals surface area (Å²) in [7, 11) is 5.36. The van der Waals surface area contributed by atoms with Gasteiger partial charge in [-0.3, -0.25) is 9.79 Å². The van der Waals surface area contributed by atoms with Gasteiger partial charge in [-0.1, -0.05) is 19.1 Å². The first-order valence-corrected chi connectivity index (χ1v) is 11.0. The van der Waals surface area contributed by atoms with Gasteiger partial charge < -0.3 is 20.4 Å². The number of hydrogen-bond acceptors (Lipinski definition) is 3. The van der Waals surface area contributed by atoms with Crippen LogP contribution in [0.2, 0.25) is 0 Å². The van der Waals surface area contributed by atoms with Crippen LogP contribution in [-0.4, -0.2) is 75.5 Å². The first-order valence-electron chi connectivity index (χ1n) is 11.0. The Kier molecular flexibility index (Phi) is 9.98. The van der Waals surface area contributed by atoms with Crippen molar-refractivity contribution in [3.05, 3.63) is 35.4 Å². The van der Waals surface area contributed by atoms with Gasteiger partial charge in [0.25, 0.3) is 5.91 Å². The van der Waals surface area contributed by atoms with E-state index in [-0.39, 0.29) is 5.91 Å². The highest BCUT2D eigenvalue weighted by Crippen LogP contribution is 2.16. The lowest BCUT2D eigenvalue weighted by molar-refractivity contribution is 0.0827. The predicted octanol–water partition coefficient (Wildman–Crippen LogP) is 2.61. The number of likely N-dealkylation sites (tertiary alicyclic amines) is 1. The summed E-state index contributed by atoms with van der Waals surface area (Å²) in [6.45, 7) is 7.82. The predicted molar refractivity (Wildman–Crippen MR) is 122 cm³/mol. The van der Waals surface area contributed by atoms with E-state index in [1.165, 1.54) is 38.9 Å². The lowest BCUT2D eigenvalue weighted by atomic mass is 9.99. The summed E-state index contributed by atoms with van der Waals surface area (Å²) in [5.74, 6) is 1.78. The number of carbonyl (C=O) groups is 1. The molecule has 0 bridgehead atoms. The molecule has 1 aromatic carbocycles. The first-order chi connectivity index (χ1) is 14.0. The van der Waals surface area contributed by atoms with Crippen molar-refractivity contribution in [1.29, 1.82) is 0 Å². The first kappa shape index (κ1) is 23.2. The molecule has 29 heavy (non-hydrogen) atoms. The van der Waals surface area contributed by atoms with Gasteiger partial charge >= 0.3 is 0 Å². The van der Waals surface area contributed by atoms with Crippen LogP contribution in [0.4, 0.5) is 0 Å². The summed E-state index contributed by atoms with van der Waals surface area (Å²) in [6.07, 6.45) is 5.93. The molecule has 0 unspecified atom stereocenters. The Hall–Kier alpha value is -2.08. The number of benzene rings is 1. The fourth-order valence-electron chi connectivity index (χ4n) is 3.62. The summed E-state index contributed by atoms with van der Waals surface area (Å²) >= 11 is 0. The van der Waals surface area contributed by atoms with Gasteiger partial charge in [0.1, 0.15) is 0 Å². The van der Waals surface area contributed by atoms with Crippen molar-refractivity contribution >= 4 is 11.9 Å². The molecule has 1 aromatic rings. The van der Waals surface area contributed by atoms with Crippen LogP contribution in [0.3, 0.4) is 0 Å². The van der Waals surface area contributed by atoms with Gasteiger partial charge in [-0.05, 0) is 75.4 Å². The molecule has 1 aliphatic rings. The fourth-order valence-corrected chi connectivity index (χ4v) is 3.62. The van der Waals surface area contributed by atoms with Gasteiger partial charge in [-0.15, -0.1) is 0 Å². The maximum Gasteiger partial charge on any atom is 0.253 e. The third-order valence-corrected chi connectivity index (χ3v) is 5.58. The quantitative estimate of drug-likeness (QED) is 0.379. The van der Waals surface area contributed by atoms with E-state index in [0.717, 1.165) is 48.9 Å². The van der Waals surface area contributed by atoms with Crippen molar-refractivity contribution in [2.45, 2.75) is 39.0 Å². The van der Waals surface area contributed by atoms with Crippen molar-refractivity contribution in [3.8, 4) is 0 Å². The van der Waals surface area contributed by atoms with Crippen LogP contribution in [0.25, 0.3) is 0 Å². The molecule has 0 aromatic heterocycles. The topological polar surface area (TPSA) is 60.0 Å². The molecule has 0 spiro atoms. The largest absolute Gasteiger partial charge is 0.356 e. The average Bonchev–Trinajstić information content (AvgIpc) is 2.73. The highest BCUT2D eigenvalue weighted by atomic mass is 16.2. The van der Waals surface area contributed by atoms with E-state index in [9.17, 15) is 4.79 Å². The Balaban J connectivity index is 1.61. The maximum atomic E-state index is 12.1. The molecule has 2 rings (SSSR count). The van der Waals surface area contributed by atoms with Crippen molar-refractivity contribution in [2.75, 3.05) is 53.9 Å². The van der Waals surface area contributed by atoms with Crippen molar-refractivity contribution in [1.82, 2.24) is 20.4 Å². The summed E-state index contributed by atoms with van der Waals surface area (Å²) in [5, 5.41) is 6.77. The monoisotopic (exact) mass is 401 g/mol. The number of guanidine groups is 1. The van der Waals surface area contributed by atoms with Gasteiger partial charge in [-0.2, -0.15) is 0 Å². The number of nitrogens with zero attached hydrogens (tertiary/aromatic N) is 3. The fraction of sp³-hybridized carbons (Fsp3) is 0.652. The molecule has 0 saturated carbocycles. The number of rotatable bonds is 9. The molecule has 1 fully saturated rings. The molecular weight excluding hydrogens is 362 g/mol. The molecule has 6 heteroatoms. The van der Waals surface area contributed by atoms with Crippen LogP contribution >= 0.6 is 0 Å². The molecule has 0 radical (unpaired) electrons. The number of piperidine rings is 1. The van der Waals surface area contributed by atoms with Crippen LogP contribution in [-0.2, 0) is 6.42 Å². The summed E-state index contributed by atoms with van der Waals surface area (Å²) in [5.41, 5.74) is 1.88. The number of nitrogens with one attached hydrogen (secondary N) is 2. The average molecular weight is 402 g/mol. The zero-order valence-electron chi connectivity index (χ0n) is 18.7. The number of hydrogen-bond donors (Lipinski definition) is 2. The number of amides is 1. The molecule has 1 heterocycles. The second-order valence-corrected chi connectivity index (χ2v) is 8.31. The van der Waals surface area contributed by atoms with Gasteiger partial charge in [0, 0.05) is 39.8 Å².